The molecule has 0 bridgehead atoms. The highest BCUT2D eigenvalue weighted by atomic mass is 32.2. The molecule has 0 aliphatic rings. The maximum Gasteiger partial charge on any atom is 0.406 e. The molecule has 2 aromatic heterocycles. The summed E-state index contributed by atoms with van der Waals surface area (Å²) >= 11 is 0. The lowest BCUT2D eigenvalue weighted by molar-refractivity contribution is -0.140. The van der Waals surface area contributed by atoms with Gasteiger partial charge in [-0.05, 0) is 28.8 Å². The Hall–Kier alpha value is -3.18. The van der Waals surface area contributed by atoms with Gasteiger partial charge in [-0.25, -0.2) is 13.1 Å². The van der Waals surface area contributed by atoms with Crippen molar-refractivity contribution in [2.24, 2.45) is 0 Å². The molecule has 0 radical (unpaired) electrons. The highest BCUT2D eigenvalue weighted by Gasteiger charge is 2.30. The van der Waals surface area contributed by atoms with E-state index >= 15 is 0 Å². The molecule has 0 spiro atoms. The normalized spacial score (nSPS) is 12.3. The second kappa shape index (κ2) is 7.58. The minimum absolute atomic E-state index is 0.0284. The van der Waals surface area contributed by atoms with E-state index in [1.54, 1.807) is 36.4 Å². The SMILES string of the molecule is O=c1c2c[nH]nc2c2ccc(-c3ccccc3CN[SH](=O)=O)cc2n1CC(F)(F)F. The Bertz CT molecular complexity index is 1380. The van der Waals surface area contributed by atoms with Crippen LogP contribution in [0.2, 0.25) is 0 Å². The van der Waals surface area contributed by atoms with Crippen LogP contribution >= 0.6 is 0 Å². The number of halogens is 3. The van der Waals surface area contributed by atoms with Gasteiger partial charge >= 0.3 is 6.18 Å². The van der Waals surface area contributed by atoms with Gasteiger partial charge < -0.3 is 0 Å². The van der Waals surface area contributed by atoms with Gasteiger partial charge in [0.1, 0.15) is 12.1 Å². The Morgan fingerprint density at radius 2 is 1.87 bits per heavy atom. The van der Waals surface area contributed by atoms with Crippen molar-refractivity contribution in [3.63, 3.8) is 0 Å². The monoisotopic (exact) mass is 436 g/mol. The number of alkyl halides is 3. The van der Waals surface area contributed by atoms with E-state index in [0.717, 1.165) is 0 Å². The van der Waals surface area contributed by atoms with Crippen LogP contribution in [0.25, 0.3) is 32.9 Å². The Labute approximate surface area is 169 Å². The Morgan fingerprint density at radius 3 is 2.60 bits per heavy atom. The molecule has 4 rings (SSSR count). The summed E-state index contributed by atoms with van der Waals surface area (Å²) in [6.45, 7) is -1.41. The highest BCUT2D eigenvalue weighted by Crippen LogP contribution is 2.30. The molecule has 2 heterocycles. The molecule has 11 heteroatoms. The Kier molecular flexibility index (Phi) is 5.08. The molecule has 0 saturated heterocycles. The van der Waals surface area contributed by atoms with Gasteiger partial charge in [-0.2, -0.15) is 18.3 Å². The molecule has 0 amide bonds. The molecule has 2 N–H and O–H groups in total. The smallest absolute Gasteiger partial charge is 0.298 e. The predicted octanol–water partition coefficient (Wildman–Crippen LogP) is 2.72. The fraction of sp³-hybridized carbons (Fsp3) is 0.158. The molecule has 0 fully saturated rings. The molecule has 7 nitrogen and oxygen atoms in total. The van der Waals surface area contributed by atoms with Crippen LogP contribution < -0.4 is 10.3 Å². The van der Waals surface area contributed by atoms with Gasteiger partial charge in [-0.3, -0.25) is 14.5 Å². The number of thiol groups is 1. The summed E-state index contributed by atoms with van der Waals surface area (Å²) < 4.78 is 64.3. The molecule has 30 heavy (non-hydrogen) atoms. The zero-order valence-electron chi connectivity index (χ0n) is 15.2. The van der Waals surface area contributed by atoms with E-state index in [1.165, 1.54) is 12.3 Å². The van der Waals surface area contributed by atoms with Gasteiger partial charge in [0.2, 0.25) is 10.9 Å². The van der Waals surface area contributed by atoms with E-state index in [-0.39, 0.29) is 17.4 Å². The quantitative estimate of drug-likeness (QED) is 0.419. The number of hydrogen-bond acceptors (Lipinski definition) is 4. The molecule has 0 aliphatic carbocycles. The summed E-state index contributed by atoms with van der Waals surface area (Å²) in [5.74, 6) is 0. The summed E-state index contributed by atoms with van der Waals surface area (Å²) in [6.07, 6.45) is -3.31. The maximum atomic E-state index is 13.2. The number of aromatic amines is 1. The van der Waals surface area contributed by atoms with Crippen LogP contribution in [0.4, 0.5) is 13.2 Å². The first-order chi connectivity index (χ1) is 14.2. The molecule has 0 aliphatic heterocycles. The predicted molar refractivity (Wildman–Crippen MR) is 107 cm³/mol. The fourth-order valence-electron chi connectivity index (χ4n) is 3.48. The van der Waals surface area contributed by atoms with Crippen LogP contribution in [-0.2, 0) is 24.0 Å². The number of benzene rings is 2. The van der Waals surface area contributed by atoms with Crippen LogP contribution in [-0.4, -0.2) is 29.4 Å². The van der Waals surface area contributed by atoms with Gasteiger partial charge in [-0.15, -0.1) is 0 Å². The summed E-state index contributed by atoms with van der Waals surface area (Å²) in [6, 6.07) is 11.7. The largest absolute Gasteiger partial charge is 0.406 e. The minimum Gasteiger partial charge on any atom is -0.298 e. The number of fused-ring (bicyclic) bond motifs is 3. The van der Waals surface area contributed by atoms with E-state index in [4.69, 9.17) is 0 Å². The number of pyridine rings is 1. The number of rotatable bonds is 5. The van der Waals surface area contributed by atoms with E-state index in [1.807, 2.05) is 0 Å². The highest BCUT2D eigenvalue weighted by molar-refractivity contribution is 7.70. The third-order valence-corrected chi connectivity index (χ3v) is 5.14. The standard InChI is InChI=1S/C19H15F3N4O3S/c20-19(21,22)10-26-16-7-11(13-4-2-1-3-12(13)8-24-30(28)29)5-6-14(16)17-15(18(26)27)9-23-25-17/h1-7,9,30H,8,10H2,(H,23,25)(H,24,28,29). The van der Waals surface area contributed by atoms with Crippen molar-refractivity contribution in [1.29, 1.82) is 0 Å². The van der Waals surface area contributed by atoms with Crippen LogP contribution in [0.5, 0.6) is 0 Å². The third kappa shape index (κ3) is 3.81. The van der Waals surface area contributed by atoms with Gasteiger partial charge in [0.15, 0.2) is 0 Å². The third-order valence-electron chi connectivity index (χ3n) is 4.72. The summed E-state index contributed by atoms with van der Waals surface area (Å²) in [5.41, 5.74) is 1.41. The van der Waals surface area contributed by atoms with Gasteiger partial charge in [0.25, 0.3) is 5.56 Å². The molecule has 2 aromatic carbocycles. The Balaban J connectivity index is 1.96. The van der Waals surface area contributed by atoms with Crippen molar-refractivity contribution >= 4 is 32.7 Å². The zero-order valence-corrected chi connectivity index (χ0v) is 16.1. The first kappa shape index (κ1) is 20.1. The van der Waals surface area contributed by atoms with E-state index in [2.05, 4.69) is 14.9 Å². The lowest BCUT2D eigenvalue weighted by Crippen LogP contribution is -2.28. The Morgan fingerprint density at radius 1 is 1.10 bits per heavy atom. The average molecular weight is 436 g/mol. The van der Waals surface area contributed by atoms with Crippen LogP contribution in [0.1, 0.15) is 5.56 Å². The first-order valence-electron chi connectivity index (χ1n) is 8.77. The number of hydrogen-bond donors (Lipinski definition) is 3. The van der Waals surface area contributed by atoms with Crippen molar-refractivity contribution in [1.82, 2.24) is 19.5 Å². The van der Waals surface area contributed by atoms with E-state index in [9.17, 15) is 26.4 Å². The topological polar surface area (TPSA) is 96.8 Å². The number of aromatic nitrogens is 3. The van der Waals surface area contributed by atoms with E-state index < -0.39 is 29.2 Å². The molecular weight excluding hydrogens is 421 g/mol. The number of nitrogens with zero attached hydrogens (tertiary/aromatic N) is 2. The van der Waals surface area contributed by atoms with E-state index in [0.29, 0.717) is 32.2 Å². The second-order valence-corrected chi connectivity index (χ2v) is 7.47. The van der Waals surface area contributed by atoms with Crippen molar-refractivity contribution in [3.05, 3.63) is 64.6 Å². The minimum atomic E-state index is -4.59. The zero-order chi connectivity index (χ0) is 21.5. The van der Waals surface area contributed by atoms with Crippen molar-refractivity contribution in [2.45, 2.75) is 19.3 Å². The van der Waals surface area contributed by atoms with Crippen LogP contribution in [0.3, 0.4) is 0 Å². The van der Waals surface area contributed by atoms with Gasteiger partial charge in [-0.1, -0.05) is 30.3 Å². The maximum absolute atomic E-state index is 13.2. The van der Waals surface area contributed by atoms with Gasteiger partial charge in [0.05, 0.1) is 10.9 Å². The second-order valence-electron chi connectivity index (χ2n) is 6.64. The lowest BCUT2D eigenvalue weighted by Gasteiger charge is -2.15. The summed E-state index contributed by atoms with van der Waals surface area (Å²) in [5, 5.41) is 7.02. The lowest BCUT2D eigenvalue weighted by atomic mass is 9.98. The molecule has 0 saturated carbocycles. The van der Waals surface area contributed by atoms with Crippen molar-refractivity contribution in [3.8, 4) is 11.1 Å². The summed E-state index contributed by atoms with van der Waals surface area (Å²) in [7, 11) is -2.81. The summed E-state index contributed by atoms with van der Waals surface area (Å²) in [4.78, 5) is 12.7. The van der Waals surface area contributed by atoms with Crippen molar-refractivity contribution in [2.75, 3.05) is 0 Å². The molecule has 4 aromatic rings. The number of H-pyrrole nitrogens is 1. The molecule has 0 atom stereocenters. The van der Waals surface area contributed by atoms with Crippen LogP contribution in [0, 0.1) is 0 Å². The molecule has 156 valence electrons. The first-order valence-corrected chi connectivity index (χ1v) is 9.95. The molecular formula is C19H15F3N4O3S. The van der Waals surface area contributed by atoms with Crippen molar-refractivity contribution < 1.29 is 21.6 Å². The number of nitrogens with one attached hydrogen (secondary N) is 2. The van der Waals surface area contributed by atoms with Crippen LogP contribution in [0.15, 0.2) is 53.5 Å². The fourth-order valence-corrected chi connectivity index (χ4v) is 3.78. The molecule has 0 unspecified atom stereocenters. The van der Waals surface area contributed by atoms with Gasteiger partial charge in [0, 0.05) is 18.1 Å². The average Bonchev–Trinajstić information content (AvgIpc) is 3.19.